The van der Waals surface area contributed by atoms with Crippen LogP contribution in [0, 0.1) is 5.82 Å². The van der Waals surface area contributed by atoms with Gasteiger partial charge in [0.2, 0.25) is 5.91 Å². The van der Waals surface area contributed by atoms with Gasteiger partial charge in [0.25, 0.3) is 0 Å². The molecule has 0 saturated heterocycles. The number of carbonyl (C=O) groups excluding carboxylic acids is 1. The Balaban J connectivity index is 1.91. The molecule has 3 rings (SSSR count). The van der Waals surface area contributed by atoms with Crippen LogP contribution in [0.25, 0.3) is 11.3 Å². The molecule has 0 saturated carbocycles. The summed E-state index contributed by atoms with van der Waals surface area (Å²) in [6.07, 6.45) is 1.93. The number of aromatic nitrogens is 1. The number of nitrogens with zero attached hydrogens (tertiary/aromatic N) is 2. The minimum atomic E-state index is -0.279. The molecule has 0 bridgehead atoms. The molecule has 2 aromatic carbocycles. The van der Waals surface area contributed by atoms with E-state index in [4.69, 9.17) is 0 Å². The quantitative estimate of drug-likeness (QED) is 0.581. The molecule has 0 spiro atoms. The monoisotopic (exact) mass is 386 g/mol. The van der Waals surface area contributed by atoms with Crippen LogP contribution in [0.1, 0.15) is 12.5 Å². The van der Waals surface area contributed by atoms with Crippen LogP contribution in [0.5, 0.6) is 0 Å². The summed E-state index contributed by atoms with van der Waals surface area (Å²) in [6.45, 7) is 2.38. The van der Waals surface area contributed by atoms with E-state index in [2.05, 4.69) is 4.98 Å². The molecule has 1 aromatic heterocycles. The minimum Gasteiger partial charge on any atom is -0.283 e. The summed E-state index contributed by atoms with van der Waals surface area (Å²) in [7, 11) is 0. The Labute approximate surface area is 160 Å². The van der Waals surface area contributed by atoms with E-state index in [0.717, 1.165) is 16.8 Å². The summed E-state index contributed by atoms with van der Waals surface area (Å²) in [5, 5.41) is 2.40. The highest BCUT2D eigenvalue weighted by Gasteiger charge is 2.24. The van der Waals surface area contributed by atoms with Crippen LogP contribution in [-0.2, 0) is 11.3 Å². The van der Waals surface area contributed by atoms with Gasteiger partial charge in [-0.15, -0.1) is 11.3 Å². The predicted octanol–water partition coefficient (Wildman–Crippen LogP) is 5.23. The van der Waals surface area contributed by atoms with Crippen molar-refractivity contribution < 1.29 is 9.18 Å². The molecule has 0 radical (unpaired) electrons. The summed E-state index contributed by atoms with van der Waals surface area (Å²) in [4.78, 5) is 19.3. The van der Waals surface area contributed by atoms with Crippen molar-refractivity contribution in [3.8, 4) is 11.3 Å². The van der Waals surface area contributed by atoms with Gasteiger partial charge in [0, 0.05) is 10.9 Å². The summed E-state index contributed by atoms with van der Waals surface area (Å²) < 4.78 is 13.1. The first-order valence-electron chi connectivity index (χ1n) is 8.18. The Morgan fingerprint density at radius 1 is 1.19 bits per heavy atom. The largest absolute Gasteiger partial charge is 0.283 e. The van der Waals surface area contributed by atoms with Crippen LogP contribution in [0.2, 0.25) is 0 Å². The Hall–Kier alpha value is -2.18. The first kappa shape index (κ1) is 18.6. The van der Waals surface area contributed by atoms with Crippen LogP contribution in [0.15, 0.2) is 60.0 Å². The van der Waals surface area contributed by atoms with Crippen molar-refractivity contribution in [3.63, 3.8) is 0 Å². The average molecular weight is 387 g/mol. The fourth-order valence-electron chi connectivity index (χ4n) is 2.47. The summed E-state index contributed by atoms with van der Waals surface area (Å²) in [5.74, 6) is -0.250. The maximum atomic E-state index is 13.1. The molecular weight excluding hydrogens is 367 g/mol. The number of anilines is 1. The molecule has 0 fully saturated rings. The molecule has 1 amide bonds. The van der Waals surface area contributed by atoms with E-state index in [1.165, 1.54) is 35.2 Å². The van der Waals surface area contributed by atoms with Crippen LogP contribution in [0.4, 0.5) is 9.52 Å². The molecule has 1 unspecified atom stereocenters. The first-order chi connectivity index (χ1) is 12.6. The highest BCUT2D eigenvalue weighted by molar-refractivity contribution is 7.99. The number of carbonyl (C=O) groups is 1. The topological polar surface area (TPSA) is 33.2 Å². The Kier molecular flexibility index (Phi) is 6.06. The third-order valence-corrected chi connectivity index (χ3v) is 5.79. The van der Waals surface area contributed by atoms with Crippen molar-refractivity contribution in [1.82, 2.24) is 4.98 Å². The standard InChI is InChI=1S/C20H19FN2OS2/c1-14(25-2)19(24)23(12-15-6-4-3-5-7-15)20-22-18(13-26-20)16-8-10-17(21)11-9-16/h3-11,13-14H,12H2,1-2H3. The molecule has 0 aliphatic heterocycles. The summed E-state index contributed by atoms with van der Waals surface area (Å²) in [5.41, 5.74) is 2.62. The Morgan fingerprint density at radius 3 is 2.54 bits per heavy atom. The van der Waals surface area contributed by atoms with Gasteiger partial charge in [0.1, 0.15) is 5.82 Å². The average Bonchev–Trinajstić information content (AvgIpc) is 3.16. The molecule has 0 N–H and O–H groups in total. The minimum absolute atomic E-state index is 0.0290. The zero-order valence-electron chi connectivity index (χ0n) is 14.6. The number of amides is 1. The maximum absolute atomic E-state index is 13.1. The van der Waals surface area contributed by atoms with E-state index in [1.54, 1.807) is 17.0 Å². The van der Waals surface area contributed by atoms with Crippen LogP contribution in [0.3, 0.4) is 0 Å². The van der Waals surface area contributed by atoms with Gasteiger partial charge in [-0.05, 0) is 43.0 Å². The summed E-state index contributed by atoms with van der Waals surface area (Å²) >= 11 is 2.94. The number of hydrogen-bond donors (Lipinski definition) is 0. The second-order valence-corrected chi connectivity index (χ2v) is 7.83. The van der Waals surface area contributed by atoms with E-state index >= 15 is 0 Å². The van der Waals surface area contributed by atoms with E-state index in [-0.39, 0.29) is 17.0 Å². The molecule has 0 aliphatic rings. The van der Waals surface area contributed by atoms with E-state index < -0.39 is 0 Å². The lowest BCUT2D eigenvalue weighted by Gasteiger charge is -2.22. The normalized spacial score (nSPS) is 12.0. The van der Waals surface area contributed by atoms with Crippen molar-refractivity contribution >= 4 is 34.1 Å². The molecular formula is C20H19FN2OS2. The van der Waals surface area contributed by atoms with E-state index in [9.17, 15) is 9.18 Å². The van der Waals surface area contributed by atoms with Crippen LogP contribution < -0.4 is 4.90 Å². The molecule has 26 heavy (non-hydrogen) atoms. The predicted molar refractivity (Wildman–Crippen MR) is 108 cm³/mol. The zero-order valence-corrected chi connectivity index (χ0v) is 16.2. The molecule has 134 valence electrons. The lowest BCUT2D eigenvalue weighted by atomic mass is 10.2. The number of benzene rings is 2. The molecule has 1 heterocycles. The lowest BCUT2D eigenvalue weighted by Crippen LogP contribution is -2.36. The number of thioether (sulfide) groups is 1. The molecule has 6 heteroatoms. The number of halogens is 1. The molecule has 3 aromatic rings. The van der Waals surface area contributed by atoms with Gasteiger partial charge in [0.05, 0.1) is 17.5 Å². The van der Waals surface area contributed by atoms with Crippen molar-refractivity contribution in [1.29, 1.82) is 0 Å². The summed E-state index contributed by atoms with van der Waals surface area (Å²) in [6, 6.07) is 16.1. The highest BCUT2D eigenvalue weighted by Crippen LogP contribution is 2.30. The number of thiazole rings is 1. The SMILES string of the molecule is CSC(C)C(=O)N(Cc1ccccc1)c1nc(-c2ccc(F)cc2)cs1. The number of rotatable bonds is 6. The van der Waals surface area contributed by atoms with Gasteiger partial charge in [-0.1, -0.05) is 30.3 Å². The van der Waals surface area contributed by atoms with Gasteiger partial charge in [0.15, 0.2) is 5.13 Å². The highest BCUT2D eigenvalue weighted by atomic mass is 32.2. The molecule has 0 aliphatic carbocycles. The fourth-order valence-corrected chi connectivity index (χ4v) is 3.64. The first-order valence-corrected chi connectivity index (χ1v) is 10.3. The zero-order chi connectivity index (χ0) is 18.5. The van der Waals surface area contributed by atoms with E-state index in [1.807, 2.05) is 48.9 Å². The fraction of sp³-hybridized carbons (Fsp3) is 0.200. The third-order valence-electron chi connectivity index (χ3n) is 4.01. The van der Waals surface area contributed by atoms with Gasteiger partial charge in [-0.3, -0.25) is 9.69 Å². The van der Waals surface area contributed by atoms with Crippen LogP contribution >= 0.6 is 23.1 Å². The van der Waals surface area contributed by atoms with Crippen LogP contribution in [-0.4, -0.2) is 22.4 Å². The Morgan fingerprint density at radius 2 is 1.88 bits per heavy atom. The van der Waals surface area contributed by atoms with Crippen molar-refractivity contribution in [2.24, 2.45) is 0 Å². The second-order valence-electron chi connectivity index (χ2n) is 5.81. The van der Waals surface area contributed by atoms with Crippen molar-refractivity contribution in [2.75, 3.05) is 11.2 Å². The maximum Gasteiger partial charge on any atom is 0.241 e. The number of hydrogen-bond acceptors (Lipinski definition) is 4. The van der Waals surface area contributed by atoms with Crippen molar-refractivity contribution in [3.05, 3.63) is 71.4 Å². The third kappa shape index (κ3) is 4.31. The van der Waals surface area contributed by atoms with Gasteiger partial charge >= 0.3 is 0 Å². The molecule has 1 atom stereocenters. The van der Waals surface area contributed by atoms with E-state index in [0.29, 0.717) is 11.7 Å². The second kappa shape index (κ2) is 8.47. The smallest absolute Gasteiger partial charge is 0.241 e. The van der Waals surface area contributed by atoms with Gasteiger partial charge in [-0.2, -0.15) is 11.8 Å². The van der Waals surface area contributed by atoms with Gasteiger partial charge < -0.3 is 0 Å². The molecule has 3 nitrogen and oxygen atoms in total. The van der Waals surface area contributed by atoms with Crippen molar-refractivity contribution in [2.45, 2.75) is 18.7 Å². The van der Waals surface area contributed by atoms with Gasteiger partial charge in [-0.25, -0.2) is 9.37 Å². The lowest BCUT2D eigenvalue weighted by molar-refractivity contribution is -0.118. The Bertz CT molecular complexity index is 865.